The van der Waals surface area contributed by atoms with E-state index in [-0.39, 0.29) is 17.2 Å². The van der Waals surface area contributed by atoms with Crippen molar-refractivity contribution in [2.45, 2.75) is 32.6 Å². The number of hydrogen-bond donors (Lipinski definition) is 1. The van der Waals surface area contributed by atoms with E-state index in [0.717, 1.165) is 22.5 Å². The smallest absolute Gasteiger partial charge is 0.238 e. The summed E-state index contributed by atoms with van der Waals surface area (Å²) in [4.78, 5) is 26.1. The van der Waals surface area contributed by atoms with E-state index >= 15 is 0 Å². The zero-order valence-electron chi connectivity index (χ0n) is 14.7. The van der Waals surface area contributed by atoms with Gasteiger partial charge in [-0.3, -0.25) is 14.5 Å². The lowest BCUT2D eigenvalue weighted by atomic mass is 10.1. The van der Waals surface area contributed by atoms with Crippen LogP contribution in [0.3, 0.4) is 0 Å². The fourth-order valence-corrected chi connectivity index (χ4v) is 4.18. The molecule has 1 aliphatic heterocycles. The number of benzene rings is 2. The third-order valence-corrected chi connectivity index (χ3v) is 5.47. The van der Waals surface area contributed by atoms with Crippen molar-refractivity contribution < 1.29 is 9.59 Å². The van der Waals surface area contributed by atoms with Crippen LogP contribution in [0.4, 0.5) is 11.4 Å². The molecule has 0 saturated carbocycles. The predicted molar refractivity (Wildman–Crippen MR) is 104 cm³/mol. The van der Waals surface area contributed by atoms with Gasteiger partial charge in [0.1, 0.15) is 5.37 Å². The molecular formula is C20H22N2O2S. The van der Waals surface area contributed by atoms with Crippen molar-refractivity contribution in [2.24, 2.45) is 0 Å². The van der Waals surface area contributed by atoms with Crippen LogP contribution in [-0.4, -0.2) is 17.6 Å². The van der Waals surface area contributed by atoms with Crippen LogP contribution in [0.15, 0.2) is 42.5 Å². The van der Waals surface area contributed by atoms with E-state index in [2.05, 4.69) is 18.3 Å². The van der Waals surface area contributed by atoms with Crippen LogP contribution in [0.25, 0.3) is 0 Å². The molecule has 1 unspecified atom stereocenters. The highest BCUT2D eigenvalue weighted by atomic mass is 32.2. The van der Waals surface area contributed by atoms with Crippen molar-refractivity contribution in [3.63, 3.8) is 0 Å². The summed E-state index contributed by atoms with van der Waals surface area (Å²) in [6.45, 7) is 5.91. The molecular weight excluding hydrogens is 332 g/mol. The molecule has 0 radical (unpaired) electrons. The first-order valence-corrected chi connectivity index (χ1v) is 9.45. The highest BCUT2D eigenvalue weighted by Crippen LogP contribution is 2.43. The van der Waals surface area contributed by atoms with Crippen LogP contribution in [0, 0.1) is 13.8 Å². The van der Waals surface area contributed by atoms with Gasteiger partial charge in [0.2, 0.25) is 11.8 Å². The second kappa shape index (κ2) is 7.31. The minimum Gasteiger partial charge on any atom is -0.326 e. The fourth-order valence-electron chi connectivity index (χ4n) is 3.03. The Hall–Kier alpha value is -2.27. The van der Waals surface area contributed by atoms with Gasteiger partial charge in [-0.05, 0) is 43.2 Å². The lowest BCUT2D eigenvalue weighted by Crippen LogP contribution is -2.28. The number of carbonyl (C=O) groups is 2. The van der Waals surface area contributed by atoms with Gasteiger partial charge in [0.05, 0.1) is 5.75 Å². The Kier molecular flexibility index (Phi) is 5.13. The fraction of sp³-hybridized carbons (Fsp3) is 0.300. The molecule has 3 rings (SSSR count). The molecule has 130 valence electrons. The first-order valence-electron chi connectivity index (χ1n) is 8.40. The molecule has 25 heavy (non-hydrogen) atoms. The van der Waals surface area contributed by atoms with Gasteiger partial charge in [-0.25, -0.2) is 0 Å². The summed E-state index contributed by atoms with van der Waals surface area (Å²) in [7, 11) is 0. The largest absolute Gasteiger partial charge is 0.326 e. The number of amides is 2. The molecule has 2 aromatic carbocycles. The Balaban J connectivity index is 1.94. The first kappa shape index (κ1) is 17.5. The van der Waals surface area contributed by atoms with Crippen LogP contribution >= 0.6 is 11.8 Å². The first-order chi connectivity index (χ1) is 12.0. The second-order valence-electron chi connectivity index (χ2n) is 6.24. The van der Waals surface area contributed by atoms with Crippen LogP contribution in [0.2, 0.25) is 0 Å². The van der Waals surface area contributed by atoms with Gasteiger partial charge in [0.15, 0.2) is 0 Å². The summed E-state index contributed by atoms with van der Waals surface area (Å²) in [5, 5.41) is 2.81. The van der Waals surface area contributed by atoms with Crippen molar-refractivity contribution in [1.82, 2.24) is 0 Å². The average molecular weight is 354 g/mol. The number of hydrogen-bond acceptors (Lipinski definition) is 3. The second-order valence-corrected chi connectivity index (χ2v) is 7.31. The topological polar surface area (TPSA) is 49.4 Å². The molecule has 1 N–H and O–H groups in total. The molecule has 4 nitrogen and oxygen atoms in total. The lowest BCUT2D eigenvalue weighted by Gasteiger charge is -2.26. The van der Waals surface area contributed by atoms with Crippen LogP contribution in [-0.2, 0) is 9.59 Å². The minimum absolute atomic E-state index is 0.0152. The Bertz CT molecular complexity index is 819. The van der Waals surface area contributed by atoms with Gasteiger partial charge in [-0.2, -0.15) is 0 Å². The number of nitrogens with one attached hydrogen (secondary N) is 1. The van der Waals surface area contributed by atoms with E-state index in [1.54, 1.807) is 11.8 Å². The molecule has 0 aromatic heterocycles. The van der Waals surface area contributed by atoms with E-state index in [1.165, 1.54) is 5.56 Å². The zero-order valence-corrected chi connectivity index (χ0v) is 15.5. The molecule has 2 aromatic rings. The van der Waals surface area contributed by atoms with Gasteiger partial charge < -0.3 is 5.32 Å². The SMILES string of the molecule is CCC(=O)Nc1cccc(C2SCC(=O)N2c2ccc(C)cc2C)c1. The van der Waals surface area contributed by atoms with Gasteiger partial charge in [0, 0.05) is 17.8 Å². The Morgan fingerprint density at radius 1 is 1.24 bits per heavy atom. The summed E-state index contributed by atoms with van der Waals surface area (Å²) in [6, 6.07) is 13.9. The molecule has 1 aliphatic rings. The maximum atomic E-state index is 12.5. The molecule has 2 amide bonds. The molecule has 1 fully saturated rings. The van der Waals surface area contributed by atoms with Gasteiger partial charge in [-0.15, -0.1) is 11.8 Å². The van der Waals surface area contributed by atoms with E-state index in [9.17, 15) is 9.59 Å². The number of rotatable bonds is 4. The summed E-state index contributed by atoms with van der Waals surface area (Å²) in [5.74, 6) is 0.562. The molecule has 1 saturated heterocycles. The Morgan fingerprint density at radius 2 is 2.04 bits per heavy atom. The van der Waals surface area contributed by atoms with Crippen molar-refractivity contribution in [3.8, 4) is 0 Å². The van der Waals surface area contributed by atoms with Crippen LogP contribution < -0.4 is 10.2 Å². The third-order valence-electron chi connectivity index (χ3n) is 4.26. The maximum Gasteiger partial charge on any atom is 0.238 e. The Morgan fingerprint density at radius 3 is 2.76 bits per heavy atom. The van der Waals surface area contributed by atoms with Crippen molar-refractivity contribution in [3.05, 3.63) is 59.2 Å². The molecule has 1 atom stereocenters. The lowest BCUT2D eigenvalue weighted by molar-refractivity contribution is -0.116. The molecule has 5 heteroatoms. The number of aryl methyl sites for hydroxylation is 2. The normalized spacial score (nSPS) is 17.0. The molecule has 0 spiro atoms. The van der Waals surface area contributed by atoms with E-state index < -0.39 is 0 Å². The Labute approximate surface area is 152 Å². The van der Waals surface area contributed by atoms with Crippen molar-refractivity contribution >= 4 is 35.0 Å². The highest BCUT2D eigenvalue weighted by molar-refractivity contribution is 8.00. The molecule has 1 heterocycles. The predicted octanol–water partition coefficient (Wildman–Crippen LogP) is 4.43. The van der Waals surface area contributed by atoms with Gasteiger partial charge in [0.25, 0.3) is 0 Å². The summed E-state index contributed by atoms with van der Waals surface area (Å²) in [6.07, 6.45) is 0.440. The zero-order chi connectivity index (χ0) is 18.0. The molecule has 0 aliphatic carbocycles. The van der Waals surface area contributed by atoms with Crippen molar-refractivity contribution in [1.29, 1.82) is 0 Å². The minimum atomic E-state index is -0.0765. The monoisotopic (exact) mass is 354 g/mol. The number of thioether (sulfide) groups is 1. The maximum absolute atomic E-state index is 12.5. The van der Waals surface area contributed by atoms with Crippen molar-refractivity contribution in [2.75, 3.05) is 16.0 Å². The average Bonchev–Trinajstić information content (AvgIpc) is 2.96. The quantitative estimate of drug-likeness (QED) is 0.883. The molecule has 0 bridgehead atoms. The van der Waals surface area contributed by atoms with Crippen LogP contribution in [0.1, 0.15) is 35.4 Å². The van der Waals surface area contributed by atoms with E-state index in [0.29, 0.717) is 12.2 Å². The van der Waals surface area contributed by atoms with E-state index in [1.807, 2.05) is 55.1 Å². The summed E-state index contributed by atoms with van der Waals surface area (Å²) >= 11 is 1.62. The number of anilines is 2. The third kappa shape index (κ3) is 3.71. The van der Waals surface area contributed by atoms with Gasteiger partial charge >= 0.3 is 0 Å². The van der Waals surface area contributed by atoms with Crippen LogP contribution in [0.5, 0.6) is 0 Å². The summed E-state index contributed by atoms with van der Waals surface area (Å²) in [5.41, 5.74) is 5.01. The van der Waals surface area contributed by atoms with Gasteiger partial charge in [-0.1, -0.05) is 36.8 Å². The standard InChI is InChI=1S/C20H22N2O2S/c1-4-18(23)21-16-7-5-6-15(11-16)20-22(19(24)12-25-20)17-9-8-13(2)10-14(17)3/h5-11,20H,4,12H2,1-3H3,(H,21,23). The van der Waals surface area contributed by atoms with E-state index in [4.69, 9.17) is 0 Å². The summed E-state index contributed by atoms with van der Waals surface area (Å²) < 4.78 is 0. The highest BCUT2D eigenvalue weighted by Gasteiger charge is 2.34. The number of nitrogens with zero attached hydrogens (tertiary/aromatic N) is 1. The number of carbonyl (C=O) groups excluding carboxylic acids is 2.